The lowest BCUT2D eigenvalue weighted by Gasteiger charge is -2.10. The van der Waals surface area contributed by atoms with E-state index in [9.17, 15) is 4.79 Å². The summed E-state index contributed by atoms with van der Waals surface area (Å²) in [5.74, 6) is 0.821. The molecule has 0 spiro atoms. The van der Waals surface area contributed by atoms with Gasteiger partial charge in [-0.2, -0.15) is 4.68 Å². The molecular weight excluding hydrogens is 344 g/mol. The largest absolute Gasteiger partial charge is 0.492 e. The molecule has 0 aliphatic carbocycles. The third-order valence-electron chi connectivity index (χ3n) is 3.31. The maximum atomic E-state index is 11.7. The molecule has 0 amide bonds. The maximum absolute atomic E-state index is 11.7. The highest BCUT2D eigenvalue weighted by molar-refractivity contribution is 7.98. The van der Waals surface area contributed by atoms with Gasteiger partial charge in [0, 0.05) is 11.3 Å². The molecule has 3 rings (SSSR count). The van der Waals surface area contributed by atoms with Crippen LogP contribution in [0.3, 0.4) is 0 Å². The molecule has 0 atom stereocenters. The van der Waals surface area contributed by atoms with Crippen LogP contribution in [-0.2, 0) is 10.5 Å². The maximum Gasteiger partial charge on any atom is 0.374 e. The van der Waals surface area contributed by atoms with E-state index in [1.54, 1.807) is 10.7 Å². The summed E-state index contributed by atoms with van der Waals surface area (Å²) in [7, 11) is 1.31. The first-order valence-electron chi connectivity index (χ1n) is 7.52. The number of hydrogen-bond donors (Lipinski definition) is 0. The smallest absolute Gasteiger partial charge is 0.374 e. The van der Waals surface area contributed by atoms with Crippen LogP contribution in [0.5, 0.6) is 5.75 Å². The highest BCUT2D eigenvalue weighted by Gasteiger charge is 2.18. The van der Waals surface area contributed by atoms with Gasteiger partial charge < -0.3 is 13.9 Å². The third-order valence-corrected chi connectivity index (χ3v) is 4.28. The molecule has 3 aromatic rings. The average Bonchev–Trinajstić information content (AvgIpc) is 3.29. The zero-order chi connectivity index (χ0) is 17.6. The molecule has 0 unspecified atom stereocenters. The van der Waals surface area contributed by atoms with Gasteiger partial charge in [0.15, 0.2) is 0 Å². The Kier molecular flexibility index (Phi) is 5.34. The van der Waals surface area contributed by atoms with E-state index in [0.29, 0.717) is 28.8 Å². The lowest BCUT2D eigenvalue weighted by Crippen LogP contribution is -2.04. The van der Waals surface area contributed by atoms with Crippen molar-refractivity contribution < 1.29 is 18.7 Å². The zero-order valence-electron chi connectivity index (χ0n) is 13.7. The number of methoxy groups -OCH3 is 1. The van der Waals surface area contributed by atoms with E-state index in [-0.39, 0.29) is 5.76 Å². The fourth-order valence-corrected chi connectivity index (χ4v) is 3.06. The molecule has 0 fully saturated rings. The van der Waals surface area contributed by atoms with Gasteiger partial charge in [0.05, 0.1) is 20.0 Å². The van der Waals surface area contributed by atoms with Gasteiger partial charge in [-0.1, -0.05) is 23.9 Å². The van der Waals surface area contributed by atoms with Crippen molar-refractivity contribution in [3.05, 3.63) is 47.9 Å². The number of nitrogens with zero attached hydrogens (tertiary/aromatic N) is 4. The van der Waals surface area contributed by atoms with Crippen LogP contribution in [0.2, 0.25) is 0 Å². The summed E-state index contributed by atoms with van der Waals surface area (Å²) in [5, 5.41) is 12.4. The summed E-state index contributed by atoms with van der Waals surface area (Å²) < 4.78 is 17.1. The molecule has 0 aliphatic heterocycles. The Hall–Kier alpha value is -2.81. The van der Waals surface area contributed by atoms with Gasteiger partial charge in [-0.3, -0.25) is 0 Å². The Morgan fingerprint density at radius 3 is 2.96 bits per heavy atom. The van der Waals surface area contributed by atoms with Gasteiger partial charge in [0.2, 0.25) is 10.9 Å². The van der Waals surface area contributed by atoms with Gasteiger partial charge in [-0.05, 0) is 35.5 Å². The van der Waals surface area contributed by atoms with Crippen molar-refractivity contribution in [3.63, 3.8) is 0 Å². The van der Waals surface area contributed by atoms with Crippen LogP contribution in [0.1, 0.15) is 23.0 Å². The normalized spacial score (nSPS) is 10.6. The number of hydrogen-bond acceptors (Lipinski definition) is 8. The number of esters is 1. The minimum absolute atomic E-state index is 0.184. The first-order chi connectivity index (χ1) is 12.2. The molecule has 0 saturated carbocycles. The van der Waals surface area contributed by atoms with Crippen LogP contribution >= 0.6 is 11.8 Å². The molecule has 130 valence electrons. The van der Waals surface area contributed by atoms with Gasteiger partial charge in [0.25, 0.3) is 0 Å². The second kappa shape index (κ2) is 7.84. The number of para-hydroxylation sites is 2. The van der Waals surface area contributed by atoms with Crippen molar-refractivity contribution >= 4 is 17.7 Å². The van der Waals surface area contributed by atoms with Crippen molar-refractivity contribution in [1.82, 2.24) is 20.2 Å². The lowest BCUT2D eigenvalue weighted by atomic mass is 10.3. The van der Waals surface area contributed by atoms with Crippen molar-refractivity contribution in [2.75, 3.05) is 13.7 Å². The molecule has 0 aliphatic rings. The Labute approximate surface area is 148 Å². The topological polar surface area (TPSA) is 92.3 Å². The quantitative estimate of drug-likeness (QED) is 0.469. The molecule has 8 nitrogen and oxygen atoms in total. The molecule has 2 aromatic heterocycles. The monoisotopic (exact) mass is 360 g/mol. The fraction of sp³-hybridized carbons (Fsp3) is 0.250. The summed E-state index contributed by atoms with van der Waals surface area (Å²) in [4.78, 5) is 11.7. The molecule has 0 radical (unpaired) electrons. The first kappa shape index (κ1) is 17.0. The number of benzene rings is 1. The summed E-state index contributed by atoms with van der Waals surface area (Å²) in [6.45, 7) is 2.46. The van der Waals surface area contributed by atoms with Gasteiger partial charge in [-0.15, -0.1) is 5.10 Å². The molecule has 0 bridgehead atoms. The van der Waals surface area contributed by atoms with Gasteiger partial charge >= 0.3 is 5.97 Å². The van der Waals surface area contributed by atoms with Crippen LogP contribution < -0.4 is 4.74 Å². The Balaban J connectivity index is 1.82. The fourth-order valence-electron chi connectivity index (χ4n) is 2.19. The SMILES string of the molecule is CCOc1ccccc1-n1nnnc1SCc1ccoc1C(=O)OC. The number of thioether (sulfide) groups is 1. The van der Waals surface area contributed by atoms with Gasteiger partial charge in [0.1, 0.15) is 11.4 Å². The van der Waals surface area contributed by atoms with E-state index in [0.717, 1.165) is 5.69 Å². The van der Waals surface area contributed by atoms with E-state index < -0.39 is 5.97 Å². The van der Waals surface area contributed by atoms with Crippen molar-refractivity contribution in [2.45, 2.75) is 17.8 Å². The Bertz CT molecular complexity index is 861. The van der Waals surface area contributed by atoms with E-state index in [1.165, 1.54) is 25.1 Å². The van der Waals surface area contributed by atoms with Crippen LogP contribution in [0.4, 0.5) is 0 Å². The molecular formula is C16H16N4O4S. The van der Waals surface area contributed by atoms with E-state index in [4.69, 9.17) is 13.9 Å². The van der Waals surface area contributed by atoms with Crippen LogP contribution in [-0.4, -0.2) is 39.9 Å². The zero-order valence-corrected chi connectivity index (χ0v) is 14.5. The number of carbonyl (C=O) groups excluding carboxylic acids is 1. The Morgan fingerprint density at radius 1 is 1.32 bits per heavy atom. The van der Waals surface area contributed by atoms with Crippen LogP contribution in [0.25, 0.3) is 5.69 Å². The summed E-state index contributed by atoms with van der Waals surface area (Å²) in [6.07, 6.45) is 1.45. The summed E-state index contributed by atoms with van der Waals surface area (Å²) in [5.41, 5.74) is 1.46. The number of rotatable bonds is 7. The third kappa shape index (κ3) is 3.66. The minimum atomic E-state index is -0.512. The summed E-state index contributed by atoms with van der Waals surface area (Å²) >= 11 is 1.38. The number of aromatic nitrogens is 4. The highest BCUT2D eigenvalue weighted by Crippen LogP contribution is 2.28. The number of furan rings is 1. The number of carbonyl (C=O) groups is 1. The van der Waals surface area contributed by atoms with Crippen LogP contribution in [0, 0.1) is 0 Å². The van der Waals surface area contributed by atoms with E-state index >= 15 is 0 Å². The van der Waals surface area contributed by atoms with Crippen LogP contribution in [0.15, 0.2) is 46.2 Å². The van der Waals surface area contributed by atoms with E-state index in [1.807, 2.05) is 31.2 Å². The molecule has 0 N–H and O–H groups in total. The first-order valence-corrected chi connectivity index (χ1v) is 8.51. The molecule has 25 heavy (non-hydrogen) atoms. The van der Waals surface area contributed by atoms with E-state index in [2.05, 4.69) is 15.5 Å². The molecule has 0 saturated heterocycles. The standard InChI is InChI=1S/C16H16N4O4S/c1-3-23-13-7-5-4-6-12(13)20-16(17-18-19-20)25-10-11-8-9-24-14(11)15(21)22-2/h4-9H,3,10H2,1-2H3. The average molecular weight is 360 g/mol. The molecule has 2 heterocycles. The molecule has 9 heteroatoms. The minimum Gasteiger partial charge on any atom is -0.492 e. The second-order valence-electron chi connectivity index (χ2n) is 4.83. The van der Waals surface area contributed by atoms with Crippen molar-refractivity contribution in [3.8, 4) is 11.4 Å². The second-order valence-corrected chi connectivity index (χ2v) is 5.77. The van der Waals surface area contributed by atoms with Crippen molar-refractivity contribution in [1.29, 1.82) is 0 Å². The predicted octanol–water partition coefficient (Wildman–Crippen LogP) is 2.73. The number of tetrazole rings is 1. The van der Waals surface area contributed by atoms with Gasteiger partial charge in [-0.25, -0.2) is 4.79 Å². The summed E-state index contributed by atoms with van der Waals surface area (Å²) in [6, 6.07) is 9.24. The molecule has 1 aromatic carbocycles. The predicted molar refractivity (Wildman–Crippen MR) is 89.9 cm³/mol. The van der Waals surface area contributed by atoms with Crippen molar-refractivity contribution in [2.24, 2.45) is 0 Å². The lowest BCUT2D eigenvalue weighted by molar-refractivity contribution is 0.0564. The number of ether oxygens (including phenoxy) is 2. The highest BCUT2D eigenvalue weighted by atomic mass is 32.2. The Morgan fingerprint density at radius 2 is 2.16 bits per heavy atom.